The highest BCUT2D eigenvalue weighted by atomic mass is 32.2. The number of aromatic nitrogens is 2. The summed E-state index contributed by atoms with van der Waals surface area (Å²) in [7, 11) is 0. The molecule has 1 aliphatic heterocycles. The summed E-state index contributed by atoms with van der Waals surface area (Å²) in [5, 5.41) is 11.6. The maximum Gasteiger partial charge on any atom is 0.226 e. The number of thioether (sulfide) groups is 1. The summed E-state index contributed by atoms with van der Waals surface area (Å²) in [5.74, 6) is 1.04. The van der Waals surface area contributed by atoms with Crippen LogP contribution in [-0.2, 0) is 4.79 Å². The lowest BCUT2D eigenvalue weighted by Gasteiger charge is -2.25. The number of anilines is 1. The molecule has 1 aliphatic rings. The Kier molecular flexibility index (Phi) is 6.65. The van der Waals surface area contributed by atoms with E-state index < -0.39 is 0 Å². The third-order valence-corrected chi connectivity index (χ3v) is 5.38. The zero-order valence-corrected chi connectivity index (χ0v) is 15.4. The highest BCUT2D eigenvalue weighted by molar-refractivity contribution is 8.01. The van der Waals surface area contributed by atoms with Gasteiger partial charge in [-0.05, 0) is 31.3 Å². The maximum atomic E-state index is 11.9. The van der Waals surface area contributed by atoms with Crippen molar-refractivity contribution < 1.29 is 4.79 Å². The predicted octanol–water partition coefficient (Wildman–Crippen LogP) is 3.49. The van der Waals surface area contributed by atoms with E-state index in [0.29, 0.717) is 11.6 Å². The van der Waals surface area contributed by atoms with Crippen LogP contribution in [0.5, 0.6) is 0 Å². The Morgan fingerprint density at radius 2 is 2.00 bits per heavy atom. The van der Waals surface area contributed by atoms with Gasteiger partial charge in [-0.2, -0.15) is 0 Å². The van der Waals surface area contributed by atoms with Gasteiger partial charge < -0.3 is 10.2 Å². The lowest BCUT2D eigenvalue weighted by Crippen LogP contribution is -2.31. The number of piperidine rings is 1. The third-order valence-electron chi connectivity index (χ3n) is 3.43. The van der Waals surface area contributed by atoms with E-state index in [2.05, 4.69) is 41.2 Å². The van der Waals surface area contributed by atoms with Crippen molar-refractivity contribution in [3.8, 4) is 0 Å². The topological polar surface area (TPSA) is 58.1 Å². The molecule has 1 amide bonds. The van der Waals surface area contributed by atoms with Crippen LogP contribution < -0.4 is 5.32 Å². The van der Waals surface area contributed by atoms with Gasteiger partial charge in [0.05, 0.1) is 0 Å². The van der Waals surface area contributed by atoms with Gasteiger partial charge in [-0.1, -0.05) is 50.3 Å². The second-order valence-electron chi connectivity index (χ2n) is 6.91. The number of carbonyl (C=O) groups excluding carboxylic acids is 1. The minimum absolute atomic E-state index is 0.00789. The second kappa shape index (κ2) is 8.26. The van der Waals surface area contributed by atoms with Crippen molar-refractivity contribution in [2.24, 2.45) is 5.41 Å². The quantitative estimate of drug-likeness (QED) is 0.633. The first-order valence-electron chi connectivity index (χ1n) is 7.91. The molecule has 1 aromatic rings. The van der Waals surface area contributed by atoms with Gasteiger partial charge in [0.2, 0.25) is 11.0 Å². The van der Waals surface area contributed by atoms with Crippen LogP contribution in [0.15, 0.2) is 4.34 Å². The molecule has 7 heteroatoms. The van der Waals surface area contributed by atoms with Gasteiger partial charge in [-0.25, -0.2) is 0 Å². The van der Waals surface area contributed by atoms with Crippen molar-refractivity contribution in [2.75, 3.05) is 30.7 Å². The van der Waals surface area contributed by atoms with Gasteiger partial charge in [0.25, 0.3) is 0 Å². The molecule has 22 heavy (non-hydrogen) atoms. The third kappa shape index (κ3) is 6.62. The van der Waals surface area contributed by atoms with Gasteiger partial charge in [-0.15, -0.1) is 10.2 Å². The number of nitrogens with one attached hydrogen (secondary N) is 1. The smallest absolute Gasteiger partial charge is 0.226 e. The van der Waals surface area contributed by atoms with E-state index in [1.54, 1.807) is 11.8 Å². The van der Waals surface area contributed by atoms with E-state index in [1.807, 2.05) is 0 Å². The van der Waals surface area contributed by atoms with Crippen LogP contribution in [0.2, 0.25) is 0 Å². The fraction of sp³-hybridized carbons (Fsp3) is 0.800. The lowest BCUT2D eigenvalue weighted by atomic mass is 9.92. The summed E-state index contributed by atoms with van der Waals surface area (Å²) >= 11 is 3.19. The van der Waals surface area contributed by atoms with Crippen LogP contribution >= 0.6 is 23.1 Å². The molecule has 0 radical (unpaired) electrons. The summed E-state index contributed by atoms with van der Waals surface area (Å²) in [6.07, 6.45) is 4.52. The highest BCUT2D eigenvalue weighted by Crippen LogP contribution is 2.26. The van der Waals surface area contributed by atoms with Crippen LogP contribution in [0.4, 0.5) is 5.13 Å². The van der Waals surface area contributed by atoms with Crippen molar-refractivity contribution in [3.63, 3.8) is 0 Å². The Labute approximate surface area is 141 Å². The van der Waals surface area contributed by atoms with E-state index in [-0.39, 0.29) is 11.3 Å². The van der Waals surface area contributed by atoms with Crippen LogP contribution in [0.25, 0.3) is 0 Å². The number of hydrogen-bond acceptors (Lipinski definition) is 6. The largest absolute Gasteiger partial charge is 0.303 e. The first-order valence-corrected chi connectivity index (χ1v) is 9.71. The minimum atomic E-state index is -0.0131. The summed E-state index contributed by atoms with van der Waals surface area (Å²) in [6, 6.07) is 0. The number of rotatable bonds is 6. The molecule has 124 valence electrons. The van der Waals surface area contributed by atoms with Gasteiger partial charge in [0.1, 0.15) is 0 Å². The zero-order chi connectivity index (χ0) is 16.0. The monoisotopic (exact) mass is 342 g/mol. The molecule has 5 nitrogen and oxygen atoms in total. The molecule has 1 fully saturated rings. The number of carbonyl (C=O) groups is 1. The van der Waals surface area contributed by atoms with Gasteiger partial charge in [0.15, 0.2) is 4.34 Å². The van der Waals surface area contributed by atoms with Crippen molar-refractivity contribution in [3.05, 3.63) is 0 Å². The van der Waals surface area contributed by atoms with Crippen molar-refractivity contribution in [1.29, 1.82) is 0 Å². The number of amides is 1. The SMILES string of the molecule is CC(C)(C)CC(=O)Nc1nnc(SCCN2CCCCC2)s1. The molecular weight excluding hydrogens is 316 g/mol. The van der Waals surface area contributed by atoms with Crippen LogP contribution in [0, 0.1) is 5.41 Å². The van der Waals surface area contributed by atoms with E-state index >= 15 is 0 Å². The standard InChI is InChI=1S/C15H26N4OS2/c1-15(2,3)11-12(20)16-13-17-18-14(22-13)21-10-9-19-7-5-4-6-8-19/h4-11H2,1-3H3,(H,16,17,20). The molecule has 0 saturated carbocycles. The normalized spacial score (nSPS) is 16.7. The lowest BCUT2D eigenvalue weighted by molar-refractivity contribution is -0.117. The maximum absolute atomic E-state index is 11.9. The second-order valence-corrected chi connectivity index (χ2v) is 9.23. The van der Waals surface area contributed by atoms with E-state index in [1.165, 1.54) is 43.7 Å². The Balaban J connectivity index is 1.70. The highest BCUT2D eigenvalue weighted by Gasteiger charge is 2.17. The molecule has 1 N–H and O–H groups in total. The average Bonchev–Trinajstić information content (AvgIpc) is 2.85. The summed E-state index contributed by atoms with van der Waals surface area (Å²) in [4.78, 5) is 14.4. The first-order chi connectivity index (χ1) is 10.4. The minimum Gasteiger partial charge on any atom is -0.303 e. The Morgan fingerprint density at radius 3 is 2.68 bits per heavy atom. The van der Waals surface area contributed by atoms with E-state index in [0.717, 1.165) is 16.6 Å². The molecular formula is C15H26N4OS2. The predicted molar refractivity (Wildman–Crippen MR) is 93.6 cm³/mol. The molecule has 0 spiro atoms. The molecule has 1 saturated heterocycles. The molecule has 2 heterocycles. The van der Waals surface area contributed by atoms with E-state index in [9.17, 15) is 4.79 Å². The molecule has 1 aromatic heterocycles. The van der Waals surface area contributed by atoms with Gasteiger partial charge >= 0.3 is 0 Å². The van der Waals surface area contributed by atoms with Gasteiger partial charge in [-0.3, -0.25) is 4.79 Å². The zero-order valence-electron chi connectivity index (χ0n) is 13.7. The molecule has 0 atom stereocenters. The number of nitrogens with zero attached hydrogens (tertiary/aromatic N) is 3. The van der Waals surface area contributed by atoms with Crippen LogP contribution in [0.1, 0.15) is 46.5 Å². The number of hydrogen-bond donors (Lipinski definition) is 1. The van der Waals surface area contributed by atoms with Crippen LogP contribution in [0.3, 0.4) is 0 Å². The first kappa shape index (κ1) is 17.7. The summed E-state index contributed by atoms with van der Waals surface area (Å²) in [5.41, 5.74) is -0.0131. The van der Waals surface area contributed by atoms with Crippen molar-refractivity contribution >= 4 is 34.1 Å². The summed E-state index contributed by atoms with van der Waals surface area (Å²) in [6.45, 7) is 9.71. The van der Waals surface area contributed by atoms with E-state index in [4.69, 9.17) is 0 Å². The van der Waals surface area contributed by atoms with Gasteiger partial charge in [0, 0.05) is 18.7 Å². The summed E-state index contributed by atoms with van der Waals surface area (Å²) < 4.78 is 0.933. The Hall–Kier alpha value is -0.660. The molecule has 0 bridgehead atoms. The molecule has 0 unspecified atom stereocenters. The average molecular weight is 343 g/mol. The van der Waals surface area contributed by atoms with Crippen molar-refractivity contribution in [2.45, 2.75) is 50.8 Å². The fourth-order valence-electron chi connectivity index (χ4n) is 2.41. The van der Waals surface area contributed by atoms with Crippen LogP contribution in [-0.4, -0.2) is 46.4 Å². The molecule has 2 rings (SSSR count). The Morgan fingerprint density at radius 1 is 1.27 bits per heavy atom. The molecule has 0 aliphatic carbocycles. The van der Waals surface area contributed by atoms with Crippen molar-refractivity contribution in [1.82, 2.24) is 15.1 Å². The molecule has 0 aromatic carbocycles. The Bertz CT molecular complexity index is 478. The number of likely N-dealkylation sites (tertiary alicyclic amines) is 1. The fourth-order valence-corrected chi connectivity index (χ4v) is 4.25.